The zero-order valence-electron chi connectivity index (χ0n) is 17.7. The van der Waals surface area contributed by atoms with Gasteiger partial charge in [-0.25, -0.2) is 4.39 Å². The predicted octanol–water partition coefficient (Wildman–Crippen LogP) is 3.18. The number of halogens is 1. The van der Waals surface area contributed by atoms with Gasteiger partial charge in [0.25, 0.3) is 11.8 Å². The van der Waals surface area contributed by atoms with Crippen LogP contribution in [0.1, 0.15) is 45.7 Å². The number of carbonyl (C=O) groups is 2. The number of piperidine rings is 1. The number of nitrogens with one attached hydrogen (secondary N) is 5. The van der Waals surface area contributed by atoms with Gasteiger partial charge in [0.05, 0.1) is 17.7 Å². The fourth-order valence-corrected chi connectivity index (χ4v) is 4.19. The second-order valence-electron chi connectivity index (χ2n) is 7.94. The van der Waals surface area contributed by atoms with Crippen molar-refractivity contribution in [2.24, 2.45) is 11.0 Å². The number of amides is 2. The summed E-state index contributed by atoms with van der Waals surface area (Å²) in [6, 6.07) is 3.98. The highest BCUT2D eigenvalue weighted by Gasteiger charge is 2.27. The number of benzene rings is 1. The Morgan fingerprint density at radius 3 is 2.88 bits per heavy atom. The number of hydrogen-bond donors (Lipinski definition) is 5. The fourth-order valence-electron chi connectivity index (χ4n) is 4.19. The first-order valence-electron chi connectivity index (χ1n) is 10.6. The number of aromatic nitrogens is 1. The molecule has 2 aromatic rings. The van der Waals surface area contributed by atoms with Gasteiger partial charge in [-0.05, 0) is 61.7 Å². The van der Waals surface area contributed by atoms with E-state index in [1.807, 2.05) is 0 Å². The second kappa shape index (κ2) is 9.68. The Bertz CT molecular complexity index is 1190. The van der Waals surface area contributed by atoms with Crippen LogP contribution in [-0.2, 0) is 11.3 Å². The molecule has 1 aromatic heterocycles. The topological polar surface area (TPSA) is 159 Å². The maximum atomic E-state index is 13.8. The van der Waals surface area contributed by atoms with Crippen molar-refractivity contribution >= 4 is 35.4 Å². The third kappa shape index (κ3) is 4.64. The molecule has 0 unspecified atom stereocenters. The SMILES string of the molecule is [N-]=[N+]=NCc1[nH]c(/C=C2\C(=O)Nc3ccc(F)cc32)c(C=N)c1C(=O)NCC1CCNCC1. The third-order valence-corrected chi connectivity index (χ3v) is 5.87. The molecular formula is C22H23FN8O2. The van der Waals surface area contributed by atoms with Crippen molar-refractivity contribution in [1.82, 2.24) is 15.6 Å². The van der Waals surface area contributed by atoms with Gasteiger partial charge in [0, 0.05) is 45.9 Å². The van der Waals surface area contributed by atoms with Crippen LogP contribution in [0.25, 0.3) is 22.1 Å². The highest BCUT2D eigenvalue weighted by atomic mass is 19.1. The van der Waals surface area contributed by atoms with Gasteiger partial charge in [-0.1, -0.05) is 5.11 Å². The molecule has 33 heavy (non-hydrogen) atoms. The Labute approximate surface area is 188 Å². The Hall–Kier alpha value is -3.95. The van der Waals surface area contributed by atoms with Gasteiger partial charge in [-0.3, -0.25) is 9.59 Å². The summed E-state index contributed by atoms with van der Waals surface area (Å²) < 4.78 is 13.8. The van der Waals surface area contributed by atoms with E-state index in [-0.39, 0.29) is 23.2 Å². The smallest absolute Gasteiger partial charge is 0.256 e. The highest BCUT2D eigenvalue weighted by Crippen LogP contribution is 2.34. The normalized spacial score (nSPS) is 16.8. The maximum Gasteiger partial charge on any atom is 0.256 e. The van der Waals surface area contributed by atoms with Crippen LogP contribution in [0.15, 0.2) is 23.3 Å². The first-order valence-corrected chi connectivity index (χ1v) is 10.6. The van der Waals surface area contributed by atoms with E-state index in [1.54, 1.807) is 0 Å². The summed E-state index contributed by atoms with van der Waals surface area (Å²) in [6.07, 6.45) is 4.41. The first kappa shape index (κ1) is 22.3. The number of hydrogen-bond acceptors (Lipinski definition) is 5. The molecule has 0 atom stereocenters. The number of azide groups is 1. The molecule has 1 saturated heterocycles. The van der Waals surface area contributed by atoms with E-state index in [4.69, 9.17) is 10.9 Å². The van der Waals surface area contributed by atoms with Crippen molar-refractivity contribution in [2.75, 3.05) is 25.0 Å². The zero-order valence-corrected chi connectivity index (χ0v) is 17.7. The van der Waals surface area contributed by atoms with Crippen molar-refractivity contribution in [2.45, 2.75) is 19.4 Å². The van der Waals surface area contributed by atoms with Gasteiger partial charge >= 0.3 is 0 Å². The standard InChI is InChI=1S/C22H23FN8O2/c23-13-1-2-17-14(7-13)15(21(32)30-17)8-18-16(9-24)20(19(29-18)11-28-31-25)22(33)27-10-12-3-5-26-6-4-12/h1-2,7-9,12,24,26,29H,3-6,10-11H2,(H,27,33)(H,30,32)/b15-8-,24-9?. The highest BCUT2D eigenvalue weighted by molar-refractivity contribution is 6.35. The molecule has 0 radical (unpaired) electrons. The van der Waals surface area contributed by atoms with Gasteiger partial charge in [0.2, 0.25) is 0 Å². The van der Waals surface area contributed by atoms with Crippen LogP contribution in [0.4, 0.5) is 10.1 Å². The monoisotopic (exact) mass is 450 g/mol. The molecular weight excluding hydrogens is 427 g/mol. The molecule has 170 valence electrons. The molecule has 1 fully saturated rings. The van der Waals surface area contributed by atoms with E-state index in [0.29, 0.717) is 35.1 Å². The van der Waals surface area contributed by atoms with E-state index in [9.17, 15) is 14.0 Å². The molecule has 0 bridgehead atoms. The molecule has 4 rings (SSSR count). The number of carbonyl (C=O) groups excluding carboxylic acids is 2. The van der Waals surface area contributed by atoms with E-state index in [1.165, 1.54) is 24.3 Å². The zero-order chi connectivity index (χ0) is 23.4. The van der Waals surface area contributed by atoms with Crippen LogP contribution in [0.5, 0.6) is 0 Å². The summed E-state index contributed by atoms with van der Waals surface area (Å²) in [6.45, 7) is 2.17. The largest absolute Gasteiger partial charge is 0.358 e. The van der Waals surface area contributed by atoms with Crippen LogP contribution in [0.3, 0.4) is 0 Å². The van der Waals surface area contributed by atoms with Gasteiger partial charge in [0.15, 0.2) is 0 Å². The fraction of sp³-hybridized carbons (Fsp3) is 0.318. The molecule has 0 spiro atoms. The van der Waals surface area contributed by atoms with E-state index >= 15 is 0 Å². The summed E-state index contributed by atoms with van der Waals surface area (Å²) in [5.74, 6) is -0.946. The first-order chi connectivity index (χ1) is 16.0. The van der Waals surface area contributed by atoms with Gasteiger partial charge in [0.1, 0.15) is 5.82 Å². The average Bonchev–Trinajstić information content (AvgIpc) is 3.33. The Balaban J connectivity index is 1.70. The average molecular weight is 450 g/mol. The lowest BCUT2D eigenvalue weighted by atomic mass is 9.98. The van der Waals surface area contributed by atoms with Crippen LogP contribution in [0, 0.1) is 17.1 Å². The van der Waals surface area contributed by atoms with Gasteiger partial charge < -0.3 is 26.3 Å². The van der Waals surface area contributed by atoms with Crippen molar-refractivity contribution in [3.8, 4) is 0 Å². The van der Waals surface area contributed by atoms with E-state index < -0.39 is 17.6 Å². The number of fused-ring (bicyclic) bond motifs is 1. The molecule has 2 amide bonds. The van der Waals surface area contributed by atoms with Crippen LogP contribution < -0.4 is 16.0 Å². The van der Waals surface area contributed by atoms with E-state index in [2.05, 4.69) is 31.0 Å². The summed E-state index contributed by atoms with van der Waals surface area (Å²) in [5, 5.41) is 20.3. The minimum Gasteiger partial charge on any atom is -0.358 e. The second-order valence-corrected chi connectivity index (χ2v) is 7.94. The summed E-state index contributed by atoms with van der Waals surface area (Å²) in [7, 11) is 0. The van der Waals surface area contributed by atoms with Crippen molar-refractivity contribution in [1.29, 1.82) is 5.41 Å². The molecule has 2 aliphatic heterocycles. The van der Waals surface area contributed by atoms with Crippen molar-refractivity contribution in [3.05, 3.63) is 62.5 Å². The Morgan fingerprint density at radius 2 is 2.15 bits per heavy atom. The van der Waals surface area contributed by atoms with Gasteiger partial charge in [-0.2, -0.15) is 0 Å². The molecule has 10 nitrogen and oxygen atoms in total. The number of anilines is 1. The number of H-pyrrole nitrogens is 1. The van der Waals surface area contributed by atoms with Gasteiger partial charge in [-0.15, -0.1) is 0 Å². The number of aromatic amines is 1. The minimum absolute atomic E-state index is 0.131. The van der Waals surface area contributed by atoms with E-state index in [0.717, 1.165) is 32.1 Å². The molecule has 5 N–H and O–H groups in total. The minimum atomic E-state index is -0.489. The van der Waals surface area contributed by atoms with Crippen molar-refractivity contribution in [3.63, 3.8) is 0 Å². The molecule has 0 aliphatic carbocycles. The number of nitrogens with zero attached hydrogens (tertiary/aromatic N) is 3. The number of rotatable bonds is 7. The molecule has 1 aromatic carbocycles. The van der Waals surface area contributed by atoms with Crippen LogP contribution in [-0.4, -0.2) is 42.6 Å². The Kier molecular flexibility index (Phi) is 6.53. The molecule has 11 heteroatoms. The van der Waals surface area contributed by atoms with Crippen LogP contribution >= 0.6 is 0 Å². The summed E-state index contributed by atoms with van der Waals surface area (Å²) in [4.78, 5) is 31.3. The maximum absolute atomic E-state index is 13.8. The molecule has 0 saturated carbocycles. The molecule has 2 aliphatic rings. The predicted molar refractivity (Wildman–Crippen MR) is 122 cm³/mol. The van der Waals surface area contributed by atoms with Crippen molar-refractivity contribution < 1.29 is 14.0 Å². The molecule has 3 heterocycles. The van der Waals surface area contributed by atoms with Crippen LogP contribution in [0.2, 0.25) is 0 Å². The summed E-state index contributed by atoms with van der Waals surface area (Å²) >= 11 is 0. The lowest BCUT2D eigenvalue weighted by molar-refractivity contribution is -0.110. The quantitative estimate of drug-likeness (QED) is 0.144. The Morgan fingerprint density at radius 1 is 1.36 bits per heavy atom. The third-order valence-electron chi connectivity index (χ3n) is 5.87. The lowest BCUT2D eigenvalue weighted by Crippen LogP contribution is -2.36. The summed E-state index contributed by atoms with van der Waals surface area (Å²) in [5.41, 5.74) is 10.9. The lowest BCUT2D eigenvalue weighted by Gasteiger charge is -2.22.